The van der Waals surface area contributed by atoms with Gasteiger partial charge in [-0.1, -0.05) is 18.2 Å². The van der Waals surface area contributed by atoms with E-state index in [9.17, 15) is 0 Å². The standard InChI is InChI=1S/C14H19NO2/c1-13(2)9-15-10-14(17-13)7-8-16-12-6-4-3-5-11(12)14/h3-6,15H,7-10H2,1-2H3. The van der Waals surface area contributed by atoms with E-state index in [1.54, 1.807) is 0 Å². The average molecular weight is 233 g/mol. The quantitative estimate of drug-likeness (QED) is 0.744. The summed E-state index contributed by atoms with van der Waals surface area (Å²) in [6.07, 6.45) is 0.917. The first-order valence-electron chi connectivity index (χ1n) is 6.25. The van der Waals surface area contributed by atoms with Crippen LogP contribution < -0.4 is 10.1 Å². The van der Waals surface area contributed by atoms with Crippen LogP contribution >= 0.6 is 0 Å². The van der Waals surface area contributed by atoms with Crippen LogP contribution in [0.5, 0.6) is 5.75 Å². The predicted octanol–water partition coefficient (Wildman–Crippen LogP) is 2.06. The Kier molecular flexibility index (Phi) is 2.42. The van der Waals surface area contributed by atoms with Gasteiger partial charge in [0.15, 0.2) is 0 Å². The lowest BCUT2D eigenvalue weighted by Gasteiger charge is -2.48. The molecule has 92 valence electrons. The molecule has 1 unspecified atom stereocenters. The van der Waals surface area contributed by atoms with Gasteiger partial charge in [0.2, 0.25) is 0 Å². The Morgan fingerprint density at radius 3 is 2.82 bits per heavy atom. The third-order valence-electron chi connectivity index (χ3n) is 3.57. The van der Waals surface area contributed by atoms with Crippen molar-refractivity contribution < 1.29 is 9.47 Å². The van der Waals surface area contributed by atoms with Crippen molar-refractivity contribution in [3.8, 4) is 5.75 Å². The maximum Gasteiger partial charge on any atom is 0.125 e. The normalized spacial score (nSPS) is 30.7. The monoisotopic (exact) mass is 233 g/mol. The Morgan fingerprint density at radius 1 is 1.18 bits per heavy atom. The summed E-state index contributed by atoms with van der Waals surface area (Å²) < 4.78 is 12.1. The lowest BCUT2D eigenvalue weighted by Crippen LogP contribution is -2.57. The first-order chi connectivity index (χ1) is 8.11. The number of ether oxygens (including phenoxy) is 2. The maximum absolute atomic E-state index is 6.39. The Labute approximate surface area is 102 Å². The number of benzene rings is 1. The molecule has 1 fully saturated rings. The molecule has 2 aliphatic heterocycles. The molecule has 0 aliphatic carbocycles. The zero-order valence-electron chi connectivity index (χ0n) is 10.5. The summed E-state index contributed by atoms with van der Waals surface area (Å²) in [4.78, 5) is 0. The van der Waals surface area contributed by atoms with E-state index in [0.717, 1.165) is 31.9 Å². The van der Waals surface area contributed by atoms with Crippen molar-refractivity contribution in [3.63, 3.8) is 0 Å². The molecule has 2 heterocycles. The third kappa shape index (κ3) is 1.83. The van der Waals surface area contributed by atoms with Gasteiger partial charge < -0.3 is 14.8 Å². The molecule has 1 N–H and O–H groups in total. The van der Waals surface area contributed by atoms with E-state index in [-0.39, 0.29) is 11.2 Å². The Bertz CT molecular complexity index is 430. The summed E-state index contributed by atoms with van der Waals surface area (Å²) in [5.41, 5.74) is 0.853. The fourth-order valence-corrected chi connectivity index (χ4v) is 2.89. The van der Waals surface area contributed by atoms with Crippen LogP contribution in [-0.2, 0) is 10.3 Å². The van der Waals surface area contributed by atoms with Crippen LogP contribution in [0.25, 0.3) is 0 Å². The molecule has 3 nitrogen and oxygen atoms in total. The number of nitrogens with one attached hydrogen (secondary N) is 1. The first kappa shape index (κ1) is 11.1. The fraction of sp³-hybridized carbons (Fsp3) is 0.571. The number of rotatable bonds is 0. The average Bonchev–Trinajstić information content (AvgIpc) is 2.28. The highest BCUT2D eigenvalue weighted by atomic mass is 16.5. The van der Waals surface area contributed by atoms with Gasteiger partial charge in [-0.25, -0.2) is 0 Å². The first-order valence-corrected chi connectivity index (χ1v) is 6.25. The third-order valence-corrected chi connectivity index (χ3v) is 3.57. The molecule has 3 heteroatoms. The van der Waals surface area contributed by atoms with Crippen molar-refractivity contribution >= 4 is 0 Å². The van der Waals surface area contributed by atoms with E-state index < -0.39 is 0 Å². The van der Waals surface area contributed by atoms with Crippen LogP contribution in [0.3, 0.4) is 0 Å². The van der Waals surface area contributed by atoms with Gasteiger partial charge in [0.1, 0.15) is 11.4 Å². The zero-order chi connectivity index (χ0) is 11.9. The van der Waals surface area contributed by atoms with Gasteiger partial charge in [-0.05, 0) is 19.9 Å². The maximum atomic E-state index is 6.39. The second kappa shape index (κ2) is 3.72. The van der Waals surface area contributed by atoms with Gasteiger partial charge in [-0.3, -0.25) is 0 Å². The predicted molar refractivity (Wildman–Crippen MR) is 66.3 cm³/mol. The van der Waals surface area contributed by atoms with Crippen LogP contribution in [0.4, 0.5) is 0 Å². The highest BCUT2D eigenvalue weighted by molar-refractivity contribution is 5.40. The number of hydrogen-bond acceptors (Lipinski definition) is 3. The molecular formula is C14H19NO2. The minimum atomic E-state index is -0.212. The van der Waals surface area contributed by atoms with Gasteiger partial charge in [0, 0.05) is 25.1 Å². The number of para-hydroxylation sites is 1. The van der Waals surface area contributed by atoms with Crippen molar-refractivity contribution in [2.24, 2.45) is 0 Å². The Balaban J connectivity index is 2.03. The van der Waals surface area contributed by atoms with Crippen molar-refractivity contribution in [1.29, 1.82) is 0 Å². The molecule has 1 saturated heterocycles. The molecule has 3 rings (SSSR count). The lowest BCUT2D eigenvalue weighted by molar-refractivity contribution is -0.179. The van der Waals surface area contributed by atoms with Crippen LogP contribution in [0, 0.1) is 0 Å². The van der Waals surface area contributed by atoms with E-state index in [0.29, 0.717) is 0 Å². The molecule has 1 aromatic carbocycles. The molecule has 1 spiro atoms. The van der Waals surface area contributed by atoms with Gasteiger partial charge in [-0.2, -0.15) is 0 Å². The molecule has 1 atom stereocenters. The van der Waals surface area contributed by atoms with Crippen molar-refractivity contribution in [2.75, 3.05) is 19.7 Å². The molecule has 0 radical (unpaired) electrons. The van der Waals surface area contributed by atoms with E-state index in [1.165, 1.54) is 5.56 Å². The van der Waals surface area contributed by atoms with Crippen molar-refractivity contribution in [2.45, 2.75) is 31.5 Å². The van der Waals surface area contributed by atoms with E-state index >= 15 is 0 Å². The van der Waals surface area contributed by atoms with Gasteiger partial charge >= 0.3 is 0 Å². The molecule has 2 aliphatic rings. The fourth-order valence-electron chi connectivity index (χ4n) is 2.89. The number of hydrogen-bond donors (Lipinski definition) is 1. The van der Waals surface area contributed by atoms with Gasteiger partial charge in [-0.15, -0.1) is 0 Å². The summed E-state index contributed by atoms with van der Waals surface area (Å²) in [5, 5.41) is 3.50. The highest BCUT2D eigenvalue weighted by Crippen LogP contribution is 2.43. The summed E-state index contributed by atoms with van der Waals surface area (Å²) in [6.45, 7) is 6.78. The van der Waals surface area contributed by atoms with Crippen LogP contribution in [0.1, 0.15) is 25.8 Å². The largest absolute Gasteiger partial charge is 0.493 e. The zero-order valence-corrected chi connectivity index (χ0v) is 10.5. The second-order valence-corrected chi connectivity index (χ2v) is 5.55. The van der Waals surface area contributed by atoms with E-state index in [2.05, 4.69) is 31.3 Å². The van der Waals surface area contributed by atoms with Gasteiger partial charge in [0.25, 0.3) is 0 Å². The van der Waals surface area contributed by atoms with Crippen LogP contribution in [0.2, 0.25) is 0 Å². The molecule has 0 amide bonds. The minimum absolute atomic E-state index is 0.122. The number of morpholine rings is 1. The van der Waals surface area contributed by atoms with E-state index in [1.807, 2.05) is 12.1 Å². The van der Waals surface area contributed by atoms with Crippen LogP contribution in [-0.4, -0.2) is 25.3 Å². The van der Waals surface area contributed by atoms with Crippen molar-refractivity contribution in [1.82, 2.24) is 5.32 Å². The van der Waals surface area contributed by atoms with E-state index in [4.69, 9.17) is 9.47 Å². The van der Waals surface area contributed by atoms with Crippen LogP contribution in [0.15, 0.2) is 24.3 Å². The van der Waals surface area contributed by atoms with Crippen molar-refractivity contribution in [3.05, 3.63) is 29.8 Å². The van der Waals surface area contributed by atoms with Gasteiger partial charge in [0.05, 0.1) is 12.2 Å². The topological polar surface area (TPSA) is 30.5 Å². The SMILES string of the molecule is CC1(C)CNCC2(CCOc3ccccc32)O1. The molecule has 0 saturated carbocycles. The Morgan fingerprint density at radius 2 is 2.00 bits per heavy atom. The summed E-state index contributed by atoms with van der Waals surface area (Å²) in [6, 6.07) is 8.22. The highest BCUT2D eigenvalue weighted by Gasteiger charge is 2.45. The Hall–Kier alpha value is -1.06. The molecule has 0 aromatic heterocycles. The molecule has 0 bridgehead atoms. The molecular weight excluding hydrogens is 214 g/mol. The minimum Gasteiger partial charge on any atom is -0.493 e. The molecule has 1 aromatic rings. The second-order valence-electron chi connectivity index (χ2n) is 5.55. The summed E-state index contributed by atoms with van der Waals surface area (Å²) >= 11 is 0. The summed E-state index contributed by atoms with van der Waals surface area (Å²) in [7, 11) is 0. The summed E-state index contributed by atoms with van der Waals surface area (Å²) in [5.74, 6) is 0.971. The lowest BCUT2D eigenvalue weighted by atomic mass is 9.85. The number of fused-ring (bicyclic) bond motifs is 2. The smallest absolute Gasteiger partial charge is 0.125 e. The molecule has 17 heavy (non-hydrogen) atoms.